The summed E-state index contributed by atoms with van der Waals surface area (Å²) in [5, 5.41) is 24.2. The molecule has 7 heteroatoms. The standard InChI is InChI=1S/C13H11N3O4/c17-12(18)13(4-5-13)15-10-1-2-11(16(19)20)8-3-6-14-7-9(8)10/h1-3,6-7,15H,4-5H2,(H,17,18). The lowest BCUT2D eigenvalue weighted by atomic mass is 10.1. The van der Waals surface area contributed by atoms with E-state index < -0.39 is 16.4 Å². The van der Waals surface area contributed by atoms with Crippen LogP contribution in [0.1, 0.15) is 12.8 Å². The molecule has 1 aliphatic carbocycles. The first-order valence-electron chi connectivity index (χ1n) is 6.06. The number of nitrogens with one attached hydrogen (secondary N) is 1. The van der Waals surface area contributed by atoms with E-state index in [1.54, 1.807) is 6.07 Å². The number of anilines is 1. The van der Waals surface area contributed by atoms with Crippen LogP contribution >= 0.6 is 0 Å². The van der Waals surface area contributed by atoms with Gasteiger partial charge in [-0.1, -0.05) is 0 Å². The van der Waals surface area contributed by atoms with Gasteiger partial charge in [-0.3, -0.25) is 15.1 Å². The van der Waals surface area contributed by atoms with Crippen molar-refractivity contribution in [3.05, 3.63) is 40.7 Å². The number of benzene rings is 1. The van der Waals surface area contributed by atoms with Crippen LogP contribution in [0, 0.1) is 10.1 Å². The molecule has 0 radical (unpaired) electrons. The van der Waals surface area contributed by atoms with Crippen LogP contribution in [0.4, 0.5) is 11.4 Å². The highest BCUT2D eigenvalue weighted by molar-refractivity contribution is 6.01. The number of hydrogen-bond donors (Lipinski definition) is 2. The SMILES string of the molecule is O=C(O)C1(Nc2ccc([N+](=O)[O-])c3ccncc23)CC1. The number of aromatic nitrogens is 1. The molecule has 1 aromatic carbocycles. The summed E-state index contributed by atoms with van der Waals surface area (Å²) in [7, 11) is 0. The number of carboxylic acids is 1. The van der Waals surface area contributed by atoms with Crippen molar-refractivity contribution in [2.75, 3.05) is 5.32 Å². The zero-order valence-corrected chi connectivity index (χ0v) is 10.4. The van der Waals surface area contributed by atoms with Crippen molar-refractivity contribution < 1.29 is 14.8 Å². The quantitative estimate of drug-likeness (QED) is 0.653. The third-order valence-electron chi connectivity index (χ3n) is 3.53. The van der Waals surface area contributed by atoms with Crippen molar-refractivity contribution in [3.8, 4) is 0 Å². The van der Waals surface area contributed by atoms with E-state index in [-0.39, 0.29) is 5.69 Å². The van der Waals surface area contributed by atoms with Gasteiger partial charge in [-0.05, 0) is 25.0 Å². The molecule has 2 aromatic rings. The molecule has 1 aliphatic rings. The Kier molecular flexibility index (Phi) is 2.56. The van der Waals surface area contributed by atoms with Crippen molar-refractivity contribution in [2.45, 2.75) is 18.4 Å². The van der Waals surface area contributed by atoms with Crippen LogP contribution in [-0.2, 0) is 4.79 Å². The molecular weight excluding hydrogens is 262 g/mol. The van der Waals surface area contributed by atoms with Crippen LogP contribution in [0.25, 0.3) is 10.8 Å². The molecular formula is C13H11N3O4. The number of nitrogens with zero attached hydrogens (tertiary/aromatic N) is 2. The Morgan fingerprint density at radius 1 is 1.35 bits per heavy atom. The summed E-state index contributed by atoms with van der Waals surface area (Å²) >= 11 is 0. The number of carboxylic acid groups (broad SMARTS) is 1. The summed E-state index contributed by atoms with van der Waals surface area (Å²) in [6.45, 7) is 0. The molecule has 1 fully saturated rings. The van der Waals surface area contributed by atoms with Crippen LogP contribution in [-0.4, -0.2) is 26.5 Å². The van der Waals surface area contributed by atoms with Crippen molar-refractivity contribution in [1.82, 2.24) is 4.98 Å². The summed E-state index contributed by atoms with van der Waals surface area (Å²) in [4.78, 5) is 25.7. The highest BCUT2D eigenvalue weighted by Gasteiger charge is 2.50. The number of carbonyl (C=O) groups is 1. The monoisotopic (exact) mass is 273 g/mol. The van der Waals surface area contributed by atoms with E-state index in [1.807, 2.05) is 0 Å². The molecule has 0 aliphatic heterocycles. The number of nitro benzene ring substituents is 1. The lowest BCUT2D eigenvalue weighted by Crippen LogP contribution is -2.31. The van der Waals surface area contributed by atoms with Gasteiger partial charge < -0.3 is 10.4 Å². The fourth-order valence-electron chi connectivity index (χ4n) is 2.22. The van der Waals surface area contributed by atoms with Gasteiger partial charge >= 0.3 is 5.97 Å². The Morgan fingerprint density at radius 3 is 2.70 bits per heavy atom. The fraction of sp³-hybridized carbons (Fsp3) is 0.231. The molecule has 0 saturated heterocycles. The molecule has 0 atom stereocenters. The van der Waals surface area contributed by atoms with Crippen molar-refractivity contribution in [2.24, 2.45) is 0 Å². The molecule has 0 unspecified atom stereocenters. The average molecular weight is 273 g/mol. The molecule has 20 heavy (non-hydrogen) atoms. The average Bonchev–Trinajstić information content (AvgIpc) is 3.20. The fourth-order valence-corrected chi connectivity index (χ4v) is 2.22. The van der Waals surface area contributed by atoms with Crippen LogP contribution < -0.4 is 5.32 Å². The maximum absolute atomic E-state index is 11.2. The van der Waals surface area contributed by atoms with Crippen molar-refractivity contribution in [1.29, 1.82) is 0 Å². The number of hydrogen-bond acceptors (Lipinski definition) is 5. The van der Waals surface area contributed by atoms with Crippen molar-refractivity contribution in [3.63, 3.8) is 0 Å². The van der Waals surface area contributed by atoms with Gasteiger partial charge in [0.25, 0.3) is 5.69 Å². The highest BCUT2D eigenvalue weighted by Crippen LogP contribution is 2.41. The first-order chi connectivity index (χ1) is 9.53. The maximum atomic E-state index is 11.2. The van der Waals surface area contributed by atoms with E-state index in [4.69, 9.17) is 0 Å². The Morgan fingerprint density at radius 2 is 2.10 bits per heavy atom. The lowest BCUT2D eigenvalue weighted by Gasteiger charge is -2.15. The molecule has 7 nitrogen and oxygen atoms in total. The zero-order valence-electron chi connectivity index (χ0n) is 10.4. The predicted octanol–water partition coefficient (Wildman–Crippen LogP) is 2.17. The third kappa shape index (κ3) is 1.83. The van der Waals surface area contributed by atoms with Gasteiger partial charge in [0.05, 0.1) is 10.3 Å². The van der Waals surface area contributed by atoms with Gasteiger partial charge in [-0.15, -0.1) is 0 Å². The van der Waals surface area contributed by atoms with Gasteiger partial charge in [0.2, 0.25) is 0 Å². The van der Waals surface area contributed by atoms with Gasteiger partial charge in [0.15, 0.2) is 0 Å². The van der Waals surface area contributed by atoms with Crippen molar-refractivity contribution >= 4 is 28.1 Å². The van der Waals surface area contributed by atoms with E-state index >= 15 is 0 Å². The normalized spacial score (nSPS) is 15.8. The summed E-state index contributed by atoms with van der Waals surface area (Å²) in [6, 6.07) is 4.47. The smallest absolute Gasteiger partial charge is 0.329 e. The Hall–Kier alpha value is -2.70. The second-order valence-corrected chi connectivity index (χ2v) is 4.82. The minimum absolute atomic E-state index is 0.0203. The number of non-ortho nitro benzene ring substituents is 1. The molecule has 3 rings (SSSR count). The predicted molar refractivity (Wildman–Crippen MR) is 71.6 cm³/mol. The van der Waals surface area contributed by atoms with Crippen LogP contribution in [0.5, 0.6) is 0 Å². The van der Waals surface area contributed by atoms with Gasteiger partial charge in [0, 0.05) is 29.5 Å². The topological polar surface area (TPSA) is 105 Å². The molecule has 1 saturated carbocycles. The van der Waals surface area contributed by atoms with E-state index in [0.29, 0.717) is 29.3 Å². The first kappa shape index (κ1) is 12.3. The van der Waals surface area contributed by atoms with Gasteiger partial charge in [0.1, 0.15) is 5.54 Å². The number of fused-ring (bicyclic) bond motifs is 1. The molecule has 0 amide bonds. The highest BCUT2D eigenvalue weighted by atomic mass is 16.6. The molecule has 102 valence electrons. The molecule has 0 bridgehead atoms. The second-order valence-electron chi connectivity index (χ2n) is 4.82. The Balaban J connectivity index is 2.11. The Labute approximate surface area is 113 Å². The maximum Gasteiger partial charge on any atom is 0.329 e. The lowest BCUT2D eigenvalue weighted by molar-refractivity contribution is -0.383. The number of rotatable bonds is 4. The minimum Gasteiger partial charge on any atom is -0.480 e. The van der Waals surface area contributed by atoms with Crippen LogP contribution in [0.2, 0.25) is 0 Å². The van der Waals surface area contributed by atoms with Crippen LogP contribution in [0.3, 0.4) is 0 Å². The summed E-state index contributed by atoms with van der Waals surface area (Å²) in [5.41, 5.74) is -0.412. The second kappa shape index (κ2) is 4.16. The molecule has 1 heterocycles. The Bertz CT molecular complexity index is 725. The molecule has 1 aromatic heterocycles. The van der Waals surface area contributed by atoms with E-state index in [1.165, 1.54) is 24.5 Å². The number of aliphatic carboxylic acids is 1. The van der Waals surface area contributed by atoms with E-state index in [2.05, 4.69) is 10.3 Å². The zero-order chi connectivity index (χ0) is 14.3. The third-order valence-corrected chi connectivity index (χ3v) is 3.53. The molecule has 2 N–H and O–H groups in total. The van der Waals surface area contributed by atoms with E-state index in [9.17, 15) is 20.0 Å². The summed E-state index contributed by atoms with van der Waals surface area (Å²) < 4.78 is 0. The summed E-state index contributed by atoms with van der Waals surface area (Å²) in [6.07, 6.45) is 4.06. The van der Waals surface area contributed by atoms with Gasteiger partial charge in [-0.2, -0.15) is 0 Å². The minimum atomic E-state index is -0.946. The van der Waals surface area contributed by atoms with E-state index in [0.717, 1.165) is 0 Å². The first-order valence-corrected chi connectivity index (χ1v) is 6.06. The summed E-state index contributed by atoms with van der Waals surface area (Å²) in [5.74, 6) is -0.909. The van der Waals surface area contributed by atoms with Gasteiger partial charge in [-0.25, -0.2) is 4.79 Å². The number of pyridine rings is 1. The largest absolute Gasteiger partial charge is 0.480 e. The number of nitro groups is 1. The van der Waals surface area contributed by atoms with Crippen LogP contribution in [0.15, 0.2) is 30.6 Å². The molecule has 0 spiro atoms.